The highest BCUT2D eigenvalue weighted by Gasteiger charge is 2.20. The summed E-state index contributed by atoms with van der Waals surface area (Å²) in [5, 5.41) is 7.07. The smallest absolute Gasteiger partial charge is 0.191 e. The molecule has 0 aromatic carbocycles. The molecule has 1 aromatic rings. The largest absolute Gasteiger partial charge is 0.378 e. The number of hydrogen-bond donors (Lipinski definition) is 2. The van der Waals surface area contributed by atoms with E-state index in [1.807, 2.05) is 12.3 Å². The third-order valence-corrected chi connectivity index (χ3v) is 6.36. The van der Waals surface area contributed by atoms with E-state index in [4.69, 9.17) is 9.73 Å². The molecule has 0 radical (unpaired) electrons. The van der Waals surface area contributed by atoms with E-state index < -0.39 is 0 Å². The summed E-state index contributed by atoms with van der Waals surface area (Å²) < 4.78 is 6.10. The minimum Gasteiger partial charge on any atom is -0.378 e. The zero-order valence-electron chi connectivity index (χ0n) is 19.5. The molecule has 1 saturated carbocycles. The standard InChI is InChI=1S/C25H43N5O/c1-2-26-25(28-17-9-10-20-31-24-12-5-3-4-6-13-24)29-22-14-18-30(19-15-22)21-23-11-7-8-16-27-23/h7-8,11,16,22,24H,2-6,9-10,12-15,17-21H2,1H3,(H2,26,28,29). The number of unbranched alkanes of at least 4 members (excludes halogenated alkanes) is 1. The number of hydrogen-bond acceptors (Lipinski definition) is 4. The molecule has 1 aliphatic carbocycles. The highest BCUT2D eigenvalue weighted by atomic mass is 16.5. The van der Waals surface area contributed by atoms with Crippen molar-refractivity contribution in [2.24, 2.45) is 4.99 Å². The van der Waals surface area contributed by atoms with E-state index >= 15 is 0 Å². The van der Waals surface area contributed by atoms with E-state index in [1.54, 1.807) is 0 Å². The molecule has 2 fully saturated rings. The van der Waals surface area contributed by atoms with E-state index in [2.05, 4.69) is 39.6 Å². The number of aromatic nitrogens is 1. The monoisotopic (exact) mass is 429 g/mol. The van der Waals surface area contributed by atoms with E-state index in [9.17, 15) is 0 Å². The number of nitrogens with one attached hydrogen (secondary N) is 2. The zero-order chi connectivity index (χ0) is 21.6. The first kappa shape index (κ1) is 24.0. The molecule has 0 amide bonds. The summed E-state index contributed by atoms with van der Waals surface area (Å²) in [5.74, 6) is 0.968. The Balaban J connectivity index is 1.30. The van der Waals surface area contributed by atoms with Gasteiger partial charge in [0.1, 0.15) is 0 Å². The summed E-state index contributed by atoms with van der Waals surface area (Å²) in [5.41, 5.74) is 1.16. The van der Waals surface area contributed by atoms with Gasteiger partial charge in [0.2, 0.25) is 0 Å². The summed E-state index contributed by atoms with van der Waals surface area (Å²) in [6.07, 6.45) is 14.8. The maximum atomic E-state index is 6.10. The van der Waals surface area contributed by atoms with Crippen molar-refractivity contribution in [1.29, 1.82) is 0 Å². The molecule has 0 unspecified atom stereocenters. The second kappa shape index (κ2) is 14.4. The van der Waals surface area contributed by atoms with Crippen LogP contribution in [-0.4, -0.2) is 60.8 Å². The number of nitrogens with zero attached hydrogens (tertiary/aromatic N) is 3. The van der Waals surface area contributed by atoms with Crippen molar-refractivity contribution < 1.29 is 4.74 Å². The van der Waals surface area contributed by atoms with Gasteiger partial charge in [-0.15, -0.1) is 0 Å². The average molecular weight is 430 g/mol. The number of piperidine rings is 1. The van der Waals surface area contributed by atoms with Gasteiger partial charge in [-0.1, -0.05) is 31.7 Å². The molecule has 0 bridgehead atoms. The van der Waals surface area contributed by atoms with Gasteiger partial charge in [0.15, 0.2) is 5.96 Å². The third-order valence-electron chi connectivity index (χ3n) is 6.36. The topological polar surface area (TPSA) is 61.8 Å². The molecule has 6 nitrogen and oxygen atoms in total. The van der Waals surface area contributed by atoms with Crippen LogP contribution >= 0.6 is 0 Å². The fourth-order valence-electron chi connectivity index (χ4n) is 4.53. The lowest BCUT2D eigenvalue weighted by molar-refractivity contribution is 0.0413. The summed E-state index contributed by atoms with van der Waals surface area (Å²) in [6.45, 7) is 7.94. The van der Waals surface area contributed by atoms with Crippen molar-refractivity contribution in [2.75, 3.05) is 32.8 Å². The highest BCUT2D eigenvalue weighted by molar-refractivity contribution is 5.80. The fourth-order valence-corrected chi connectivity index (χ4v) is 4.53. The average Bonchev–Trinajstić information content (AvgIpc) is 3.07. The van der Waals surface area contributed by atoms with Crippen LogP contribution in [0.1, 0.15) is 76.8 Å². The summed E-state index contributed by atoms with van der Waals surface area (Å²) >= 11 is 0. The number of aliphatic imine (C=N–C) groups is 1. The molecule has 0 atom stereocenters. The lowest BCUT2D eigenvalue weighted by atomic mass is 10.0. The Hall–Kier alpha value is -1.66. The first-order chi connectivity index (χ1) is 15.3. The third kappa shape index (κ3) is 9.56. The van der Waals surface area contributed by atoms with Gasteiger partial charge in [-0.25, -0.2) is 0 Å². The maximum Gasteiger partial charge on any atom is 0.191 e. The second-order valence-corrected chi connectivity index (χ2v) is 8.97. The van der Waals surface area contributed by atoms with E-state index in [-0.39, 0.29) is 0 Å². The quantitative estimate of drug-likeness (QED) is 0.254. The van der Waals surface area contributed by atoms with Gasteiger partial charge in [-0.05, 0) is 57.6 Å². The SMILES string of the molecule is CCNC(=NCCCCOC1CCCCCC1)NC1CCN(Cc2ccccn2)CC1. The van der Waals surface area contributed by atoms with Crippen LogP contribution in [0, 0.1) is 0 Å². The lowest BCUT2D eigenvalue weighted by Gasteiger charge is -2.32. The molecule has 1 aliphatic heterocycles. The molecule has 31 heavy (non-hydrogen) atoms. The van der Waals surface area contributed by atoms with Gasteiger partial charge in [0.05, 0.1) is 11.8 Å². The normalized spacial score (nSPS) is 19.8. The summed E-state index contributed by atoms with van der Waals surface area (Å²) in [6, 6.07) is 6.66. The van der Waals surface area contributed by atoms with Gasteiger partial charge in [0.25, 0.3) is 0 Å². The van der Waals surface area contributed by atoms with Gasteiger partial charge in [-0.3, -0.25) is 14.9 Å². The van der Waals surface area contributed by atoms with Gasteiger partial charge in [-0.2, -0.15) is 0 Å². The van der Waals surface area contributed by atoms with Crippen LogP contribution in [0.15, 0.2) is 29.4 Å². The first-order valence-corrected chi connectivity index (χ1v) is 12.6. The fraction of sp³-hybridized carbons (Fsp3) is 0.760. The molecule has 6 heteroatoms. The van der Waals surface area contributed by atoms with Crippen molar-refractivity contribution in [3.8, 4) is 0 Å². The Morgan fingerprint density at radius 2 is 1.90 bits per heavy atom. The summed E-state index contributed by atoms with van der Waals surface area (Å²) in [7, 11) is 0. The van der Waals surface area contributed by atoms with Crippen molar-refractivity contribution in [2.45, 2.75) is 89.8 Å². The highest BCUT2D eigenvalue weighted by Crippen LogP contribution is 2.20. The van der Waals surface area contributed by atoms with Gasteiger partial charge >= 0.3 is 0 Å². The minimum atomic E-state index is 0.497. The molecule has 3 rings (SSSR count). The molecule has 0 spiro atoms. The lowest BCUT2D eigenvalue weighted by Crippen LogP contribution is -2.48. The molecular weight excluding hydrogens is 386 g/mol. The van der Waals surface area contributed by atoms with Gasteiger partial charge in [0, 0.05) is 51.6 Å². The van der Waals surface area contributed by atoms with Gasteiger partial charge < -0.3 is 15.4 Å². The Bertz CT molecular complexity index is 608. The van der Waals surface area contributed by atoms with Crippen LogP contribution in [-0.2, 0) is 11.3 Å². The Morgan fingerprint density at radius 1 is 1.10 bits per heavy atom. The predicted octanol–water partition coefficient (Wildman–Crippen LogP) is 4.12. The van der Waals surface area contributed by atoms with Crippen molar-refractivity contribution in [1.82, 2.24) is 20.5 Å². The summed E-state index contributed by atoms with van der Waals surface area (Å²) in [4.78, 5) is 11.8. The van der Waals surface area contributed by atoms with Crippen molar-refractivity contribution in [3.63, 3.8) is 0 Å². The second-order valence-electron chi connectivity index (χ2n) is 8.97. The number of likely N-dealkylation sites (tertiary alicyclic amines) is 1. The Morgan fingerprint density at radius 3 is 2.61 bits per heavy atom. The molecule has 1 saturated heterocycles. The number of ether oxygens (including phenoxy) is 1. The van der Waals surface area contributed by atoms with Crippen molar-refractivity contribution in [3.05, 3.63) is 30.1 Å². The molecule has 2 N–H and O–H groups in total. The van der Waals surface area contributed by atoms with Crippen LogP contribution in [0.25, 0.3) is 0 Å². The predicted molar refractivity (Wildman–Crippen MR) is 128 cm³/mol. The van der Waals surface area contributed by atoms with E-state index in [0.29, 0.717) is 12.1 Å². The molecule has 1 aromatic heterocycles. The Labute approximate surface area is 189 Å². The van der Waals surface area contributed by atoms with Crippen LogP contribution in [0.3, 0.4) is 0 Å². The van der Waals surface area contributed by atoms with E-state index in [1.165, 1.54) is 38.5 Å². The first-order valence-electron chi connectivity index (χ1n) is 12.6. The molecule has 2 aliphatic rings. The molecule has 2 heterocycles. The molecular formula is C25H43N5O. The number of guanidine groups is 1. The molecule has 174 valence electrons. The van der Waals surface area contributed by atoms with Crippen molar-refractivity contribution >= 4 is 5.96 Å². The zero-order valence-corrected chi connectivity index (χ0v) is 19.5. The minimum absolute atomic E-state index is 0.497. The Kier molecular flexibility index (Phi) is 11.2. The maximum absolute atomic E-state index is 6.10. The van der Waals surface area contributed by atoms with Crippen LogP contribution in [0.5, 0.6) is 0 Å². The van der Waals surface area contributed by atoms with Crippen LogP contribution in [0.2, 0.25) is 0 Å². The number of rotatable bonds is 10. The number of pyridine rings is 1. The van der Waals surface area contributed by atoms with E-state index in [0.717, 1.165) is 76.7 Å². The van der Waals surface area contributed by atoms with Crippen LogP contribution in [0.4, 0.5) is 0 Å². The van der Waals surface area contributed by atoms with Crippen LogP contribution < -0.4 is 10.6 Å².